The van der Waals surface area contributed by atoms with E-state index in [4.69, 9.17) is 20.3 Å². The van der Waals surface area contributed by atoms with Crippen LogP contribution >= 0.6 is 0 Å². The Kier molecular flexibility index (Phi) is 5.61. The fourth-order valence-corrected chi connectivity index (χ4v) is 2.69. The van der Waals surface area contributed by atoms with Crippen molar-refractivity contribution >= 4 is 5.97 Å². The lowest BCUT2D eigenvalue weighted by atomic mass is 9.83. The summed E-state index contributed by atoms with van der Waals surface area (Å²) in [5.74, 6) is -0.840. The van der Waals surface area contributed by atoms with Crippen LogP contribution in [-0.2, 0) is 20.7 Å². The molecule has 24 heavy (non-hydrogen) atoms. The topological polar surface area (TPSA) is 106 Å². The highest BCUT2D eigenvalue weighted by molar-refractivity contribution is 5.92. The molecule has 0 spiro atoms. The summed E-state index contributed by atoms with van der Waals surface area (Å²) in [7, 11) is 0. The maximum Gasteiger partial charge on any atom is 0.338 e. The quantitative estimate of drug-likeness (QED) is 0.799. The molecule has 3 N–H and O–H groups in total. The van der Waals surface area contributed by atoms with E-state index >= 15 is 0 Å². The summed E-state index contributed by atoms with van der Waals surface area (Å²) in [5, 5.41) is 18.5. The minimum Gasteiger partial charge on any atom is -0.463 e. The Morgan fingerprint density at radius 2 is 2.08 bits per heavy atom. The van der Waals surface area contributed by atoms with Crippen LogP contribution in [0.2, 0.25) is 0 Å². The molecule has 1 unspecified atom stereocenters. The number of nitrogens with zero attached hydrogens (tertiary/aromatic N) is 1. The molecule has 6 heteroatoms. The molecule has 1 aliphatic heterocycles. The van der Waals surface area contributed by atoms with Gasteiger partial charge in [0.25, 0.3) is 0 Å². The molecular formula is C18H20N2O4. The predicted molar refractivity (Wildman–Crippen MR) is 87.2 cm³/mol. The second-order valence-electron chi connectivity index (χ2n) is 5.33. The van der Waals surface area contributed by atoms with E-state index in [0.29, 0.717) is 12.2 Å². The van der Waals surface area contributed by atoms with Crippen molar-refractivity contribution < 1.29 is 19.4 Å². The Hall–Kier alpha value is -2.78. The van der Waals surface area contributed by atoms with Crippen LogP contribution < -0.4 is 5.73 Å². The number of hydrogen-bond donors (Lipinski definition) is 2. The van der Waals surface area contributed by atoms with Crippen molar-refractivity contribution in [1.82, 2.24) is 0 Å². The van der Waals surface area contributed by atoms with E-state index in [1.54, 1.807) is 13.8 Å². The fraction of sp³-hybridized carbons (Fsp3) is 0.333. The van der Waals surface area contributed by atoms with Crippen LogP contribution in [0.5, 0.6) is 0 Å². The number of nitriles is 1. The third-order valence-corrected chi connectivity index (χ3v) is 3.81. The maximum atomic E-state index is 12.4. The van der Waals surface area contributed by atoms with E-state index in [0.717, 1.165) is 11.1 Å². The number of carbonyl (C=O) groups excluding carboxylic acids is 1. The first-order chi connectivity index (χ1) is 11.5. The molecule has 6 nitrogen and oxygen atoms in total. The van der Waals surface area contributed by atoms with Crippen molar-refractivity contribution in [3.63, 3.8) is 0 Å². The largest absolute Gasteiger partial charge is 0.463 e. The van der Waals surface area contributed by atoms with Gasteiger partial charge in [0.2, 0.25) is 5.88 Å². The van der Waals surface area contributed by atoms with Gasteiger partial charge in [0, 0.05) is 6.61 Å². The van der Waals surface area contributed by atoms with Gasteiger partial charge in [-0.3, -0.25) is 0 Å². The molecule has 0 fully saturated rings. The molecule has 0 saturated heterocycles. The third-order valence-electron chi connectivity index (χ3n) is 3.81. The van der Waals surface area contributed by atoms with Crippen LogP contribution in [0.4, 0.5) is 0 Å². The zero-order valence-electron chi connectivity index (χ0n) is 13.7. The number of benzene rings is 1. The monoisotopic (exact) mass is 328 g/mol. The first-order valence-corrected chi connectivity index (χ1v) is 7.68. The summed E-state index contributed by atoms with van der Waals surface area (Å²) in [6.45, 7) is 3.62. The van der Waals surface area contributed by atoms with Crippen molar-refractivity contribution in [3.05, 3.63) is 58.2 Å². The number of carbonyl (C=O) groups is 1. The van der Waals surface area contributed by atoms with Crippen LogP contribution in [0.15, 0.2) is 47.1 Å². The Morgan fingerprint density at radius 3 is 2.62 bits per heavy atom. The summed E-state index contributed by atoms with van der Waals surface area (Å²) < 4.78 is 10.5. The highest BCUT2D eigenvalue weighted by Crippen LogP contribution is 2.39. The first-order valence-electron chi connectivity index (χ1n) is 7.68. The standard InChI is InChI=1S/C18H20N2O4/c1-3-23-18(22)15-11(2)24-17(20)14(10-19)16(15)13-6-4-12(5-7-13)8-9-21/h4-7,16,21H,3,8-9,20H2,1-2H3. The van der Waals surface area contributed by atoms with Crippen LogP contribution in [0.3, 0.4) is 0 Å². The molecule has 0 amide bonds. The highest BCUT2D eigenvalue weighted by atomic mass is 16.5. The number of allylic oxidation sites excluding steroid dienone is 2. The number of aliphatic hydroxyl groups excluding tert-OH is 1. The lowest BCUT2D eigenvalue weighted by molar-refractivity contribution is -0.139. The smallest absolute Gasteiger partial charge is 0.338 e. The lowest BCUT2D eigenvalue weighted by Crippen LogP contribution is -2.25. The molecule has 0 aromatic heterocycles. The van der Waals surface area contributed by atoms with Crippen molar-refractivity contribution in [2.45, 2.75) is 26.2 Å². The number of ether oxygens (including phenoxy) is 2. The van der Waals surface area contributed by atoms with Gasteiger partial charge in [-0.2, -0.15) is 5.26 Å². The normalized spacial score (nSPS) is 17.3. The highest BCUT2D eigenvalue weighted by Gasteiger charge is 2.36. The SMILES string of the molecule is CCOC(=O)C1=C(C)OC(N)=C(C#N)C1c1ccc(CCO)cc1. The Morgan fingerprint density at radius 1 is 1.42 bits per heavy atom. The predicted octanol–water partition coefficient (Wildman–Crippen LogP) is 1.87. The minimum atomic E-state index is -0.633. The number of nitrogens with two attached hydrogens (primary N) is 1. The summed E-state index contributed by atoms with van der Waals surface area (Å²) in [6, 6.07) is 9.38. The summed E-state index contributed by atoms with van der Waals surface area (Å²) in [4.78, 5) is 12.4. The molecule has 0 saturated carbocycles. The van der Waals surface area contributed by atoms with Gasteiger partial charge < -0.3 is 20.3 Å². The molecule has 0 radical (unpaired) electrons. The van der Waals surface area contributed by atoms with Gasteiger partial charge in [-0.05, 0) is 31.4 Å². The van der Waals surface area contributed by atoms with Crippen LogP contribution in [0.25, 0.3) is 0 Å². The zero-order chi connectivity index (χ0) is 17.7. The van der Waals surface area contributed by atoms with E-state index in [2.05, 4.69) is 0 Å². The molecule has 126 valence electrons. The minimum absolute atomic E-state index is 0.00696. The molecule has 1 heterocycles. The van der Waals surface area contributed by atoms with E-state index < -0.39 is 11.9 Å². The van der Waals surface area contributed by atoms with Crippen molar-refractivity contribution in [2.75, 3.05) is 13.2 Å². The Balaban J connectivity index is 2.51. The first kappa shape index (κ1) is 17.6. The van der Waals surface area contributed by atoms with Gasteiger partial charge in [0.15, 0.2) is 0 Å². The average Bonchev–Trinajstić information content (AvgIpc) is 2.55. The third kappa shape index (κ3) is 3.42. The second-order valence-corrected chi connectivity index (χ2v) is 5.33. The number of aliphatic hydroxyl groups is 1. The Labute approximate surface area is 140 Å². The maximum absolute atomic E-state index is 12.4. The van der Waals surface area contributed by atoms with Gasteiger partial charge in [0.1, 0.15) is 17.4 Å². The Bertz CT molecular complexity index is 726. The van der Waals surface area contributed by atoms with Gasteiger partial charge >= 0.3 is 5.97 Å². The van der Waals surface area contributed by atoms with Crippen molar-refractivity contribution in [2.24, 2.45) is 5.73 Å². The summed E-state index contributed by atoms with van der Waals surface area (Å²) >= 11 is 0. The van der Waals surface area contributed by atoms with E-state index in [1.165, 1.54) is 0 Å². The summed E-state index contributed by atoms with van der Waals surface area (Å²) in [6.07, 6.45) is 0.538. The van der Waals surface area contributed by atoms with Crippen molar-refractivity contribution in [1.29, 1.82) is 5.26 Å². The van der Waals surface area contributed by atoms with E-state index in [9.17, 15) is 10.1 Å². The lowest BCUT2D eigenvalue weighted by Gasteiger charge is -2.26. The molecular weight excluding hydrogens is 308 g/mol. The van der Waals surface area contributed by atoms with Gasteiger partial charge in [-0.15, -0.1) is 0 Å². The van der Waals surface area contributed by atoms with E-state index in [-0.39, 0.29) is 30.2 Å². The average molecular weight is 328 g/mol. The number of hydrogen-bond acceptors (Lipinski definition) is 6. The molecule has 0 bridgehead atoms. The molecule has 1 atom stereocenters. The van der Waals surface area contributed by atoms with E-state index in [1.807, 2.05) is 30.3 Å². The van der Waals surface area contributed by atoms with Crippen LogP contribution in [-0.4, -0.2) is 24.3 Å². The van der Waals surface area contributed by atoms with Crippen LogP contribution in [0, 0.1) is 11.3 Å². The molecule has 0 aliphatic carbocycles. The molecule has 1 aliphatic rings. The second kappa shape index (κ2) is 7.66. The molecule has 1 aromatic carbocycles. The molecule has 2 rings (SSSR count). The number of esters is 1. The van der Waals surface area contributed by atoms with Gasteiger partial charge in [0.05, 0.1) is 18.1 Å². The van der Waals surface area contributed by atoms with Gasteiger partial charge in [-0.1, -0.05) is 24.3 Å². The fourth-order valence-electron chi connectivity index (χ4n) is 2.69. The summed E-state index contributed by atoms with van der Waals surface area (Å²) in [5.41, 5.74) is 7.99. The number of rotatable bonds is 5. The molecule has 1 aromatic rings. The van der Waals surface area contributed by atoms with Crippen LogP contribution in [0.1, 0.15) is 30.9 Å². The van der Waals surface area contributed by atoms with Crippen molar-refractivity contribution in [3.8, 4) is 6.07 Å². The zero-order valence-corrected chi connectivity index (χ0v) is 13.7. The van der Waals surface area contributed by atoms with Gasteiger partial charge in [-0.25, -0.2) is 4.79 Å².